The molecule has 27 heavy (non-hydrogen) atoms. The van der Waals surface area contributed by atoms with E-state index in [0.717, 1.165) is 41.9 Å². The van der Waals surface area contributed by atoms with Crippen molar-refractivity contribution in [2.75, 3.05) is 41.5 Å². The summed E-state index contributed by atoms with van der Waals surface area (Å²) < 4.78 is 16.4. The normalized spacial score (nSPS) is 15.0. The van der Waals surface area contributed by atoms with E-state index in [4.69, 9.17) is 14.2 Å². The first kappa shape index (κ1) is 23.8. The number of hydrogen-bond donors (Lipinski definition) is 1. The molecule has 0 radical (unpaired) electrons. The van der Waals surface area contributed by atoms with Crippen LogP contribution in [0.5, 0.6) is 11.5 Å². The smallest absolute Gasteiger partial charge is 0.308 e. The predicted molar refractivity (Wildman–Crippen MR) is 119 cm³/mol. The maximum atomic E-state index is 11.7. The Morgan fingerprint density at radius 3 is 2.33 bits per heavy atom. The lowest BCUT2D eigenvalue weighted by Gasteiger charge is -2.33. The van der Waals surface area contributed by atoms with Gasteiger partial charge in [0, 0.05) is 31.2 Å². The minimum atomic E-state index is -0.123. The number of nitrogens with zero attached hydrogens (tertiary/aromatic N) is 2. The third-order valence-electron chi connectivity index (χ3n) is 4.53. The number of piperidine rings is 1. The molecule has 0 unspecified atom stereocenters. The molecule has 0 spiro atoms. The highest BCUT2D eigenvalue weighted by Crippen LogP contribution is 2.33. The Balaban J connectivity index is 0.00000364. The fourth-order valence-corrected chi connectivity index (χ4v) is 3.49. The Morgan fingerprint density at radius 2 is 1.81 bits per heavy atom. The zero-order valence-corrected chi connectivity index (χ0v) is 20.0. The first-order chi connectivity index (χ1) is 12.5. The number of aliphatic imine (C=N–C) groups is 1. The number of likely N-dealkylation sites (tertiary alicyclic amines) is 1. The quantitative estimate of drug-likeness (QED) is 0.261. The van der Waals surface area contributed by atoms with Crippen molar-refractivity contribution in [3.05, 3.63) is 22.2 Å². The standard InChI is InChI=1S/C18H26BrN3O4.HI/c1-20-18(22-7-5-12(6-8-22)17(23)26-4)21-11-13-9-15(24-2)16(25-3)10-14(13)19;/h9-10,12H,5-8,11H2,1-4H3,(H,20,21);1H. The highest BCUT2D eigenvalue weighted by Gasteiger charge is 2.27. The second kappa shape index (κ2) is 11.6. The van der Waals surface area contributed by atoms with Gasteiger partial charge in [-0.2, -0.15) is 0 Å². The summed E-state index contributed by atoms with van der Waals surface area (Å²) in [6.45, 7) is 2.13. The summed E-state index contributed by atoms with van der Waals surface area (Å²) in [6.07, 6.45) is 1.54. The Hall–Kier alpha value is -1.23. The highest BCUT2D eigenvalue weighted by molar-refractivity contribution is 14.0. The van der Waals surface area contributed by atoms with Gasteiger partial charge in [0.15, 0.2) is 17.5 Å². The topological polar surface area (TPSA) is 72.4 Å². The molecule has 9 heteroatoms. The number of nitrogens with one attached hydrogen (secondary N) is 1. The molecule has 1 aliphatic heterocycles. The third kappa shape index (κ3) is 6.13. The molecular formula is C18H27BrIN3O4. The van der Waals surface area contributed by atoms with E-state index in [-0.39, 0.29) is 35.9 Å². The largest absolute Gasteiger partial charge is 0.493 e. The van der Waals surface area contributed by atoms with Gasteiger partial charge >= 0.3 is 5.97 Å². The maximum absolute atomic E-state index is 11.7. The summed E-state index contributed by atoms with van der Waals surface area (Å²) in [4.78, 5) is 18.2. The van der Waals surface area contributed by atoms with Crippen LogP contribution in [0.1, 0.15) is 18.4 Å². The van der Waals surface area contributed by atoms with Gasteiger partial charge < -0.3 is 24.4 Å². The fourth-order valence-electron chi connectivity index (χ4n) is 3.03. The van der Waals surface area contributed by atoms with Crippen molar-refractivity contribution in [3.63, 3.8) is 0 Å². The van der Waals surface area contributed by atoms with Crippen LogP contribution < -0.4 is 14.8 Å². The first-order valence-electron chi connectivity index (χ1n) is 8.47. The number of ether oxygens (including phenoxy) is 3. The van der Waals surface area contributed by atoms with Crippen LogP contribution in [0.2, 0.25) is 0 Å². The van der Waals surface area contributed by atoms with Gasteiger partial charge in [-0.1, -0.05) is 15.9 Å². The number of carbonyl (C=O) groups is 1. The lowest BCUT2D eigenvalue weighted by molar-refractivity contribution is -0.146. The fraction of sp³-hybridized carbons (Fsp3) is 0.556. The van der Waals surface area contributed by atoms with Gasteiger partial charge in [0.1, 0.15) is 0 Å². The number of hydrogen-bond acceptors (Lipinski definition) is 5. The van der Waals surface area contributed by atoms with Gasteiger partial charge in [-0.15, -0.1) is 24.0 Å². The van der Waals surface area contributed by atoms with Crippen LogP contribution in [0.4, 0.5) is 0 Å². The molecule has 1 fully saturated rings. The summed E-state index contributed by atoms with van der Waals surface area (Å²) in [6, 6.07) is 3.83. The van der Waals surface area contributed by atoms with Gasteiger partial charge in [-0.3, -0.25) is 9.79 Å². The molecule has 1 N–H and O–H groups in total. The van der Waals surface area contributed by atoms with Gasteiger partial charge in [0.05, 0.1) is 27.2 Å². The molecule has 1 saturated heterocycles. The molecule has 0 bridgehead atoms. The van der Waals surface area contributed by atoms with Crippen molar-refractivity contribution >= 4 is 51.8 Å². The van der Waals surface area contributed by atoms with Crippen molar-refractivity contribution in [2.24, 2.45) is 10.9 Å². The van der Waals surface area contributed by atoms with Crippen molar-refractivity contribution in [1.29, 1.82) is 0 Å². The van der Waals surface area contributed by atoms with Gasteiger partial charge in [-0.25, -0.2) is 0 Å². The lowest BCUT2D eigenvalue weighted by Crippen LogP contribution is -2.46. The van der Waals surface area contributed by atoms with Crippen molar-refractivity contribution in [3.8, 4) is 11.5 Å². The van der Waals surface area contributed by atoms with E-state index in [1.807, 2.05) is 12.1 Å². The van der Waals surface area contributed by atoms with Crippen LogP contribution >= 0.6 is 39.9 Å². The van der Waals surface area contributed by atoms with Gasteiger partial charge in [0.25, 0.3) is 0 Å². The minimum absolute atomic E-state index is 0. The Labute approximate surface area is 186 Å². The molecule has 1 heterocycles. The second-order valence-electron chi connectivity index (χ2n) is 5.98. The van der Waals surface area contributed by atoms with Crippen LogP contribution in [0.3, 0.4) is 0 Å². The zero-order valence-electron chi connectivity index (χ0n) is 16.1. The van der Waals surface area contributed by atoms with E-state index < -0.39 is 0 Å². The highest BCUT2D eigenvalue weighted by atomic mass is 127. The molecule has 2 rings (SSSR count). The first-order valence-corrected chi connectivity index (χ1v) is 9.27. The summed E-state index contributed by atoms with van der Waals surface area (Å²) >= 11 is 3.57. The number of benzene rings is 1. The molecule has 0 aromatic heterocycles. The van der Waals surface area contributed by atoms with Crippen LogP contribution in [0.25, 0.3) is 0 Å². The minimum Gasteiger partial charge on any atom is -0.493 e. The molecule has 1 aromatic rings. The summed E-state index contributed by atoms with van der Waals surface area (Å²) in [5.74, 6) is 2.03. The van der Waals surface area contributed by atoms with E-state index in [9.17, 15) is 4.79 Å². The molecule has 0 atom stereocenters. The molecule has 1 aromatic carbocycles. The molecule has 7 nitrogen and oxygen atoms in total. The van der Waals surface area contributed by atoms with E-state index in [2.05, 4.69) is 31.1 Å². The average Bonchev–Trinajstić information content (AvgIpc) is 2.68. The van der Waals surface area contributed by atoms with E-state index in [1.165, 1.54) is 7.11 Å². The molecule has 1 aliphatic rings. The summed E-state index contributed by atoms with van der Waals surface area (Å²) in [7, 11) is 6.43. The van der Waals surface area contributed by atoms with Gasteiger partial charge in [-0.05, 0) is 30.5 Å². The molecule has 0 saturated carbocycles. The van der Waals surface area contributed by atoms with Crippen molar-refractivity contribution in [1.82, 2.24) is 10.2 Å². The average molecular weight is 556 g/mol. The second-order valence-corrected chi connectivity index (χ2v) is 6.84. The Bertz CT molecular complexity index is 664. The summed E-state index contributed by atoms with van der Waals surface area (Å²) in [5, 5.41) is 3.38. The van der Waals surface area contributed by atoms with Gasteiger partial charge in [0.2, 0.25) is 0 Å². The van der Waals surface area contributed by atoms with Crippen LogP contribution in [0.15, 0.2) is 21.6 Å². The zero-order chi connectivity index (χ0) is 19.1. The van der Waals surface area contributed by atoms with Crippen LogP contribution in [0, 0.1) is 5.92 Å². The summed E-state index contributed by atoms with van der Waals surface area (Å²) in [5.41, 5.74) is 1.04. The molecule has 0 aliphatic carbocycles. The van der Waals surface area contributed by atoms with Crippen molar-refractivity contribution < 1.29 is 19.0 Å². The number of esters is 1. The predicted octanol–water partition coefficient (Wildman–Crippen LogP) is 3.04. The monoisotopic (exact) mass is 555 g/mol. The van der Waals surface area contributed by atoms with E-state index >= 15 is 0 Å². The molecule has 152 valence electrons. The van der Waals surface area contributed by atoms with E-state index in [1.54, 1.807) is 21.3 Å². The molecule has 0 amide bonds. The molecular weight excluding hydrogens is 529 g/mol. The van der Waals surface area contributed by atoms with Crippen molar-refractivity contribution in [2.45, 2.75) is 19.4 Å². The van der Waals surface area contributed by atoms with E-state index in [0.29, 0.717) is 18.0 Å². The Morgan fingerprint density at radius 1 is 1.22 bits per heavy atom. The number of methoxy groups -OCH3 is 3. The number of halogens is 2. The number of guanidine groups is 1. The lowest BCUT2D eigenvalue weighted by atomic mass is 9.97. The third-order valence-corrected chi connectivity index (χ3v) is 5.27. The maximum Gasteiger partial charge on any atom is 0.308 e. The Kier molecular flexibility index (Phi) is 10.2. The number of carbonyl (C=O) groups excluding carboxylic acids is 1. The number of rotatable bonds is 5. The SMILES string of the molecule is CN=C(NCc1cc(OC)c(OC)cc1Br)N1CCC(C(=O)OC)CC1.I. The van der Waals surface area contributed by atoms with Crippen LogP contribution in [-0.2, 0) is 16.1 Å². The van der Waals surface area contributed by atoms with Crippen LogP contribution in [-0.4, -0.2) is 58.3 Å².